The molecule has 0 aliphatic heterocycles. The molecule has 0 radical (unpaired) electrons. The smallest absolute Gasteiger partial charge is 0.238 e. The lowest BCUT2D eigenvalue weighted by atomic mass is 10.2. The standard InChI is InChI=1S/C15H21N5O3S2/c1-2-3-4-8-20-11-17-19-15(20)24-10-14(21)18-12-6-5-7-13(9-12)25(16,22)23/h5-7,9,11H,2-4,8,10H2,1H3,(H,18,21)(H2,16,22,23). The third-order valence-electron chi connectivity index (χ3n) is 3.36. The number of rotatable bonds is 9. The Balaban J connectivity index is 1.90. The molecule has 0 aliphatic rings. The summed E-state index contributed by atoms with van der Waals surface area (Å²) in [6, 6.07) is 5.82. The molecule has 0 atom stereocenters. The topological polar surface area (TPSA) is 120 Å². The van der Waals surface area contributed by atoms with Gasteiger partial charge in [0.2, 0.25) is 15.9 Å². The van der Waals surface area contributed by atoms with E-state index in [9.17, 15) is 13.2 Å². The highest BCUT2D eigenvalue weighted by Crippen LogP contribution is 2.18. The Hall–Kier alpha value is -1.91. The normalized spacial score (nSPS) is 11.4. The van der Waals surface area contributed by atoms with Crippen molar-refractivity contribution in [2.24, 2.45) is 5.14 Å². The number of hydrogen-bond acceptors (Lipinski definition) is 6. The van der Waals surface area contributed by atoms with E-state index in [2.05, 4.69) is 22.4 Å². The summed E-state index contributed by atoms with van der Waals surface area (Å²) in [5.41, 5.74) is 0.376. The Morgan fingerprint density at radius 1 is 1.36 bits per heavy atom. The Morgan fingerprint density at radius 3 is 2.88 bits per heavy atom. The van der Waals surface area contributed by atoms with Crippen LogP contribution < -0.4 is 10.5 Å². The molecule has 0 unspecified atom stereocenters. The number of thioether (sulfide) groups is 1. The first kappa shape index (κ1) is 19.4. The van der Waals surface area contributed by atoms with Gasteiger partial charge in [-0.1, -0.05) is 37.6 Å². The first-order valence-electron chi connectivity index (χ1n) is 7.83. The molecule has 8 nitrogen and oxygen atoms in total. The van der Waals surface area contributed by atoms with Gasteiger partial charge >= 0.3 is 0 Å². The SMILES string of the molecule is CCCCCn1cnnc1SCC(=O)Nc1cccc(S(N)(=O)=O)c1. The van der Waals surface area contributed by atoms with E-state index in [4.69, 9.17) is 5.14 Å². The number of hydrogen-bond donors (Lipinski definition) is 2. The van der Waals surface area contributed by atoms with E-state index in [0.717, 1.165) is 25.8 Å². The number of carbonyl (C=O) groups is 1. The van der Waals surface area contributed by atoms with Crippen molar-refractivity contribution < 1.29 is 13.2 Å². The molecule has 25 heavy (non-hydrogen) atoms. The van der Waals surface area contributed by atoms with Crippen LogP contribution in [-0.4, -0.2) is 34.8 Å². The molecule has 136 valence electrons. The van der Waals surface area contributed by atoms with Crippen molar-refractivity contribution >= 4 is 33.4 Å². The molecule has 3 N–H and O–H groups in total. The molecular weight excluding hydrogens is 362 g/mol. The van der Waals surface area contributed by atoms with E-state index in [0.29, 0.717) is 10.8 Å². The van der Waals surface area contributed by atoms with Gasteiger partial charge in [-0.2, -0.15) is 0 Å². The predicted octanol–water partition coefficient (Wildman–Crippen LogP) is 1.85. The number of nitrogens with two attached hydrogens (primary N) is 1. The minimum Gasteiger partial charge on any atom is -0.325 e. The zero-order chi connectivity index (χ0) is 18.3. The minimum atomic E-state index is -3.80. The zero-order valence-corrected chi connectivity index (χ0v) is 15.5. The minimum absolute atomic E-state index is 0.0476. The lowest BCUT2D eigenvalue weighted by molar-refractivity contribution is -0.113. The third kappa shape index (κ3) is 6.15. The molecular formula is C15H21N5O3S2. The summed E-state index contributed by atoms with van der Waals surface area (Å²) in [5, 5.41) is 16.3. The lowest BCUT2D eigenvalue weighted by Gasteiger charge is -2.07. The Bertz CT molecular complexity index is 820. The van der Waals surface area contributed by atoms with Crippen LogP contribution in [0.2, 0.25) is 0 Å². The number of carbonyl (C=O) groups excluding carboxylic acids is 1. The van der Waals surface area contributed by atoms with Gasteiger partial charge in [-0.05, 0) is 24.6 Å². The van der Waals surface area contributed by atoms with E-state index < -0.39 is 10.0 Å². The summed E-state index contributed by atoms with van der Waals surface area (Å²) < 4.78 is 24.6. The fourth-order valence-electron chi connectivity index (χ4n) is 2.12. The molecule has 1 aromatic heterocycles. The van der Waals surface area contributed by atoms with E-state index in [1.807, 2.05) is 4.57 Å². The van der Waals surface area contributed by atoms with E-state index >= 15 is 0 Å². The van der Waals surface area contributed by atoms with Crippen molar-refractivity contribution in [1.82, 2.24) is 14.8 Å². The van der Waals surface area contributed by atoms with Crippen LogP contribution in [0.15, 0.2) is 40.6 Å². The van der Waals surface area contributed by atoms with Gasteiger partial charge in [-0.25, -0.2) is 13.6 Å². The van der Waals surface area contributed by atoms with Gasteiger partial charge in [0, 0.05) is 12.2 Å². The van der Waals surface area contributed by atoms with Crippen molar-refractivity contribution in [1.29, 1.82) is 0 Å². The van der Waals surface area contributed by atoms with Gasteiger partial charge in [0.1, 0.15) is 6.33 Å². The number of anilines is 1. The van der Waals surface area contributed by atoms with Gasteiger partial charge < -0.3 is 9.88 Å². The fourth-order valence-corrected chi connectivity index (χ4v) is 3.42. The number of nitrogens with one attached hydrogen (secondary N) is 1. The van der Waals surface area contributed by atoms with Crippen LogP contribution >= 0.6 is 11.8 Å². The van der Waals surface area contributed by atoms with Crippen LogP contribution in [0.4, 0.5) is 5.69 Å². The number of aryl methyl sites for hydroxylation is 1. The fraction of sp³-hybridized carbons (Fsp3) is 0.400. The average Bonchev–Trinajstić information content (AvgIpc) is 3.00. The molecule has 1 heterocycles. The molecule has 1 aromatic carbocycles. The molecule has 2 aromatic rings. The maximum absolute atomic E-state index is 12.1. The van der Waals surface area contributed by atoms with E-state index in [1.54, 1.807) is 12.4 Å². The summed E-state index contributed by atoms with van der Waals surface area (Å²) in [6.07, 6.45) is 4.95. The molecule has 0 spiro atoms. The van der Waals surface area contributed by atoms with Crippen molar-refractivity contribution in [2.75, 3.05) is 11.1 Å². The number of sulfonamides is 1. The predicted molar refractivity (Wildman–Crippen MR) is 96.7 cm³/mol. The molecule has 10 heteroatoms. The van der Waals surface area contributed by atoms with Crippen LogP contribution in [0.5, 0.6) is 0 Å². The highest BCUT2D eigenvalue weighted by molar-refractivity contribution is 7.99. The number of primary sulfonamides is 1. The molecule has 2 rings (SSSR count). The Morgan fingerprint density at radius 2 is 2.16 bits per heavy atom. The van der Waals surface area contributed by atoms with E-state index in [1.165, 1.54) is 30.0 Å². The van der Waals surface area contributed by atoms with Crippen LogP contribution in [0.3, 0.4) is 0 Å². The maximum Gasteiger partial charge on any atom is 0.238 e. The van der Waals surface area contributed by atoms with Crippen molar-refractivity contribution in [3.63, 3.8) is 0 Å². The molecule has 0 saturated heterocycles. The highest BCUT2D eigenvalue weighted by Gasteiger charge is 2.11. The van der Waals surface area contributed by atoms with E-state index in [-0.39, 0.29) is 16.6 Å². The van der Waals surface area contributed by atoms with Gasteiger partial charge in [0.05, 0.1) is 10.6 Å². The largest absolute Gasteiger partial charge is 0.325 e. The first-order chi connectivity index (χ1) is 11.9. The number of amides is 1. The zero-order valence-electron chi connectivity index (χ0n) is 13.9. The summed E-state index contributed by atoms with van der Waals surface area (Å²) >= 11 is 1.28. The number of nitrogens with zero attached hydrogens (tertiary/aromatic N) is 3. The second-order valence-electron chi connectivity index (χ2n) is 5.42. The third-order valence-corrected chi connectivity index (χ3v) is 5.25. The summed E-state index contributed by atoms with van der Waals surface area (Å²) in [4.78, 5) is 12.0. The van der Waals surface area contributed by atoms with Gasteiger partial charge in [0.15, 0.2) is 5.16 Å². The summed E-state index contributed by atoms with van der Waals surface area (Å²) in [6.45, 7) is 2.96. The average molecular weight is 383 g/mol. The van der Waals surface area contributed by atoms with Crippen LogP contribution in [-0.2, 0) is 21.4 Å². The second kappa shape index (κ2) is 8.97. The molecule has 0 saturated carbocycles. The van der Waals surface area contributed by atoms with Crippen molar-refractivity contribution in [2.45, 2.75) is 42.8 Å². The second-order valence-corrected chi connectivity index (χ2v) is 7.93. The lowest BCUT2D eigenvalue weighted by Crippen LogP contribution is -2.16. The molecule has 0 fully saturated rings. The molecule has 0 bridgehead atoms. The first-order valence-corrected chi connectivity index (χ1v) is 10.4. The monoisotopic (exact) mass is 383 g/mol. The number of benzene rings is 1. The van der Waals surface area contributed by atoms with Crippen LogP contribution in [0.1, 0.15) is 26.2 Å². The Labute approximate surface area is 151 Å². The van der Waals surface area contributed by atoms with Crippen LogP contribution in [0, 0.1) is 0 Å². The summed E-state index contributed by atoms with van der Waals surface area (Å²) in [5.74, 6) is -0.119. The van der Waals surface area contributed by atoms with Gasteiger partial charge in [-0.15, -0.1) is 10.2 Å². The van der Waals surface area contributed by atoms with Crippen LogP contribution in [0.25, 0.3) is 0 Å². The van der Waals surface area contributed by atoms with Crippen molar-refractivity contribution in [3.05, 3.63) is 30.6 Å². The summed E-state index contributed by atoms with van der Waals surface area (Å²) in [7, 11) is -3.80. The quantitative estimate of drug-likeness (QED) is 0.504. The van der Waals surface area contributed by atoms with Gasteiger partial charge in [-0.3, -0.25) is 4.79 Å². The Kier molecular flexibility index (Phi) is 6.97. The molecule has 0 aliphatic carbocycles. The number of aromatic nitrogens is 3. The van der Waals surface area contributed by atoms with Crippen molar-refractivity contribution in [3.8, 4) is 0 Å². The maximum atomic E-state index is 12.1. The molecule has 1 amide bonds. The number of unbranched alkanes of at least 4 members (excludes halogenated alkanes) is 2. The highest BCUT2D eigenvalue weighted by atomic mass is 32.2. The van der Waals surface area contributed by atoms with Gasteiger partial charge in [0.25, 0.3) is 0 Å².